The molecule has 0 fully saturated rings. The number of amides is 1. The van der Waals surface area contributed by atoms with Crippen LogP contribution in [-0.2, 0) is 24.4 Å². The number of rotatable bonds is 9. The molecule has 1 aliphatic rings. The zero-order valence-electron chi connectivity index (χ0n) is 20.1. The Morgan fingerprint density at radius 1 is 1.22 bits per heavy atom. The van der Waals surface area contributed by atoms with E-state index in [1.54, 1.807) is 54.1 Å². The number of aromatic nitrogens is 3. The van der Waals surface area contributed by atoms with Gasteiger partial charge in [0.25, 0.3) is 11.5 Å². The molecule has 1 N–H and O–H groups in total. The standard InChI is InChI=1S/C27H27ClN4O4/c1-35-18-25-24(27(34)29-14-21-11-22(28)13-23(12-21)36-2)17-32(30-25)16-20-8-6-19(7-9-20)15-31-10-4-3-5-26(31)33/h3-6,8-13,15,17H,7,14,16,18H2,1-2H3,(H,29,34). The van der Waals surface area contributed by atoms with E-state index in [9.17, 15) is 9.59 Å². The molecule has 0 atom stereocenters. The molecule has 0 unspecified atom stereocenters. The fourth-order valence-corrected chi connectivity index (χ4v) is 4.07. The Bertz CT molecular complexity index is 1400. The maximum Gasteiger partial charge on any atom is 0.255 e. The Hall–Kier alpha value is -3.88. The summed E-state index contributed by atoms with van der Waals surface area (Å²) in [6, 6.07) is 10.4. The Morgan fingerprint density at radius 3 is 2.81 bits per heavy atom. The lowest BCUT2D eigenvalue weighted by atomic mass is 10.0. The van der Waals surface area contributed by atoms with Crippen LogP contribution < -0.4 is 15.6 Å². The lowest BCUT2D eigenvalue weighted by Crippen LogP contribution is -2.23. The number of nitrogens with one attached hydrogen (secondary N) is 1. The third kappa shape index (κ3) is 6.41. The molecule has 0 aliphatic heterocycles. The van der Waals surface area contributed by atoms with E-state index >= 15 is 0 Å². The molecule has 0 bridgehead atoms. The first-order valence-corrected chi connectivity index (χ1v) is 11.7. The Kier molecular flexibility index (Phi) is 8.20. The second kappa shape index (κ2) is 11.7. The minimum absolute atomic E-state index is 0.0734. The Labute approximate surface area is 214 Å². The van der Waals surface area contributed by atoms with Gasteiger partial charge >= 0.3 is 0 Å². The Morgan fingerprint density at radius 2 is 2.08 bits per heavy atom. The van der Waals surface area contributed by atoms with Crippen LogP contribution in [0, 0.1) is 0 Å². The van der Waals surface area contributed by atoms with Crippen LogP contribution in [0.5, 0.6) is 5.75 Å². The van der Waals surface area contributed by atoms with Gasteiger partial charge in [-0.25, -0.2) is 0 Å². The molecular formula is C27H27ClN4O4. The molecule has 0 radical (unpaired) electrons. The third-order valence-electron chi connectivity index (χ3n) is 5.60. The molecular weight excluding hydrogens is 480 g/mol. The van der Waals surface area contributed by atoms with Crippen molar-refractivity contribution in [3.8, 4) is 5.75 Å². The van der Waals surface area contributed by atoms with Gasteiger partial charge in [-0.2, -0.15) is 5.10 Å². The molecule has 9 heteroatoms. The number of carbonyl (C=O) groups is 1. The number of methoxy groups -OCH3 is 2. The molecule has 2 aromatic heterocycles. The van der Waals surface area contributed by atoms with E-state index in [2.05, 4.69) is 16.5 Å². The number of ether oxygens (including phenoxy) is 2. The number of allylic oxidation sites excluding steroid dienone is 5. The van der Waals surface area contributed by atoms with Gasteiger partial charge in [0.15, 0.2) is 0 Å². The van der Waals surface area contributed by atoms with E-state index in [0.717, 1.165) is 16.7 Å². The molecule has 186 valence electrons. The van der Waals surface area contributed by atoms with Crippen molar-refractivity contribution in [2.75, 3.05) is 14.2 Å². The molecule has 2 heterocycles. The number of nitrogens with zero attached hydrogens (tertiary/aromatic N) is 3. The van der Waals surface area contributed by atoms with E-state index in [0.29, 0.717) is 41.5 Å². The highest BCUT2D eigenvalue weighted by Gasteiger charge is 2.17. The van der Waals surface area contributed by atoms with E-state index in [1.807, 2.05) is 30.5 Å². The van der Waals surface area contributed by atoms with Gasteiger partial charge in [0.05, 0.1) is 25.8 Å². The zero-order chi connectivity index (χ0) is 25.5. The number of carbonyl (C=O) groups excluding carboxylic acids is 1. The van der Waals surface area contributed by atoms with Crippen molar-refractivity contribution in [3.05, 3.63) is 110 Å². The van der Waals surface area contributed by atoms with Crippen molar-refractivity contribution in [1.29, 1.82) is 0 Å². The number of hydrogen-bond donors (Lipinski definition) is 1. The molecule has 0 saturated carbocycles. The fraction of sp³-hybridized carbons (Fsp3) is 0.222. The molecule has 8 nitrogen and oxygen atoms in total. The number of hydrogen-bond acceptors (Lipinski definition) is 5. The first-order chi connectivity index (χ1) is 17.4. The summed E-state index contributed by atoms with van der Waals surface area (Å²) in [4.78, 5) is 24.9. The predicted molar refractivity (Wildman–Crippen MR) is 139 cm³/mol. The topological polar surface area (TPSA) is 87.4 Å². The van der Waals surface area contributed by atoms with Crippen molar-refractivity contribution in [1.82, 2.24) is 19.7 Å². The minimum atomic E-state index is -0.251. The number of halogens is 1. The van der Waals surface area contributed by atoms with Crippen LogP contribution in [-0.4, -0.2) is 34.5 Å². The van der Waals surface area contributed by atoms with Gasteiger partial charge < -0.3 is 14.8 Å². The maximum atomic E-state index is 13.0. The average Bonchev–Trinajstić information content (AvgIpc) is 3.27. The summed E-state index contributed by atoms with van der Waals surface area (Å²) in [5, 5.41) is 8.02. The lowest BCUT2D eigenvalue weighted by Gasteiger charge is -2.10. The molecule has 1 amide bonds. The maximum absolute atomic E-state index is 13.0. The molecule has 3 aromatic rings. The van der Waals surface area contributed by atoms with Gasteiger partial charge in [-0.1, -0.05) is 35.9 Å². The predicted octanol–water partition coefficient (Wildman–Crippen LogP) is 4.21. The van der Waals surface area contributed by atoms with Gasteiger partial charge in [-0.05, 0) is 47.4 Å². The Balaban J connectivity index is 1.43. The second-order valence-corrected chi connectivity index (χ2v) is 8.71. The molecule has 0 spiro atoms. The van der Waals surface area contributed by atoms with Crippen molar-refractivity contribution in [3.63, 3.8) is 0 Å². The van der Waals surface area contributed by atoms with E-state index in [1.165, 1.54) is 6.07 Å². The normalized spacial score (nSPS) is 14.1. The second-order valence-electron chi connectivity index (χ2n) is 8.27. The highest BCUT2D eigenvalue weighted by Crippen LogP contribution is 2.21. The smallest absolute Gasteiger partial charge is 0.255 e. The van der Waals surface area contributed by atoms with Gasteiger partial charge in [-0.15, -0.1) is 0 Å². The molecule has 36 heavy (non-hydrogen) atoms. The quantitative estimate of drug-likeness (QED) is 0.469. The molecule has 1 aromatic carbocycles. The van der Waals surface area contributed by atoms with Crippen molar-refractivity contribution < 1.29 is 14.3 Å². The van der Waals surface area contributed by atoms with E-state index < -0.39 is 0 Å². The van der Waals surface area contributed by atoms with Crippen LogP contribution in [0.4, 0.5) is 0 Å². The molecule has 0 saturated heterocycles. The van der Waals surface area contributed by atoms with Gasteiger partial charge in [0.2, 0.25) is 0 Å². The van der Waals surface area contributed by atoms with E-state index in [-0.39, 0.29) is 18.1 Å². The lowest BCUT2D eigenvalue weighted by molar-refractivity contribution is 0.0946. The molecule has 4 rings (SSSR count). The summed E-state index contributed by atoms with van der Waals surface area (Å²) in [7, 11) is 3.13. The number of pyridine rings is 1. The van der Waals surface area contributed by atoms with Crippen LogP contribution in [0.3, 0.4) is 0 Å². The summed E-state index contributed by atoms with van der Waals surface area (Å²) in [5.74, 6) is 0.376. The summed E-state index contributed by atoms with van der Waals surface area (Å²) in [6.07, 6.45) is 12.0. The van der Waals surface area contributed by atoms with Crippen LogP contribution >= 0.6 is 11.6 Å². The summed E-state index contributed by atoms with van der Waals surface area (Å²) >= 11 is 6.13. The van der Waals surface area contributed by atoms with Crippen LogP contribution in [0.25, 0.3) is 6.20 Å². The van der Waals surface area contributed by atoms with Crippen molar-refractivity contribution in [2.45, 2.75) is 26.1 Å². The fourth-order valence-electron chi connectivity index (χ4n) is 3.82. The third-order valence-corrected chi connectivity index (χ3v) is 5.81. The summed E-state index contributed by atoms with van der Waals surface area (Å²) in [5.41, 5.74) is 3.84. The SMILES string of the molecule is COCc1nn(CC2=CCC(=Cn3ccccc3=O)C=C2)cc1C(=O)NCc1cc(Cl)cc(OC)c1. The van der Waals surface area contributed by atoms with Crippen molar-refractivity contribution in [2.24, 2.45) is 0 Å². The average molecular weight is 507 g/mol. The van der Waals surface area contributed by atoms with Gasteiger partial charge in [-0.3, -0.25) is 18.8 Å². The largest absolute Gasteiger partial charge is 0.497 e. The van der Waals surface area contributed by atoms with E-state index in [4.69, 9.17) is 21.1 Å². The van der Waals surface area contributed by atoms with Crippen LogP contribution in [0.1, 0.15) is 28.0 Å². The first-order valence-electron chi connectivity index (χ1n) is 11.4. The highest BCUT2D eigenvalue weighted by atomic mass is 35.5. The van der Waals surface area contributed by atoms with Gasteiger partial charge in [0.1, 0.15) is 11.4 Å². The van der Waals surface area contributed by atoms with Crippen molar-refractivity contribution >= 4 is 23.7 Å². The van der Waals surface area contributed by atoms with Gasteiger partial charge in [0, 0.05) is 43.3 Å². The zero-order valence-corrected chi connectivity index (χ0v) is 20.9. The summed E-state index contributed by atoms with van der Waals surface area (Å²) < 4.78 is 13.8. The van der Waals surface area contributed by atoms with Crippen LogP contribution in [0.15, 0.2) is 83.0 Å². The highest BCUT2D eigenvalue weighted by molar-refractivity contribution is 6.30. The molecule has 1 aliphatic carbocycles. The summed E-state index contributed by atoms with van der Waals surface area (Å²) in [6.45, 7) is 1.01. The number of benzene rings is 1. The van der Waals surface area contributed by atoms with Crippen LogP contribution in [0.2, 0.25) is 5.02 Å². The minimum Gasteiger partial charge on any atom is -0.497 e. The monoisotopic (exact) mass is 506 g/mol. The first kappa shape index (κ1) is 25.2.